The van der Waals surface area contributed by atoms with Crippen LogP contribution in [-0.2, 0) is 35.2 Å². The molecule has 10 heteroatoms. The van der Waals surface area contributed by atoms with Crippen LogP contribution in [0.3, 0.4) is 0 Å². The minimum atomic E-state index is -0.877. The Labute approximate surface area is 258 Å². The molecule has 244 valence electrons. The van der Waals surface area contributed by atoms with Gasteiger partial charge in [0.25, 0.3) is 0 Å². The largest absolute Gasteiger partial charge is 0.460 e. The fraction of sp³-hybridized carbons (Fsp3) is 0.697. The van der Waals surface area contributed by atoms with Crippen LogP contribution in [0.15, 0.2) is 30.3 Å². The number of ether oxygens (including phenoxy) is 3. The number of likely N-dealkylation sites (N-methyl/N-ethyl adjacent to an activating group) is 2. The number of methoxy groups -OCH3 is 1. The molecule has 0 bridgehead atoms. The number of nitrogens with zero attached hydrogens (tertiary/aromatic N) is 2. The zero-order chi connectivity index (χ0) is 33.1. The molecule has 0 radical (unpaired) electrons. The van der Waals surface area contributed by atoms with Gasteiger partial charge >= 0.3 is 12.1 Å². The van der Waals surface area contributed by atoms with Crippen LogP contribution in [0, 0.1) is 17.8 Å². The second-order valence-corrected chi connectivity index (χ2v) is 13.0. The van der Waals surface area contributed by atoms with E-state index in [2.05, 4.69) is 5.32 Å². The van der Waals surface area contributed by atoms with Crippen LogP contribution in [-0.4, -0.2) is 84.7 Å². The average Bonchev–Trinajstić information content (AvgIpc) is 2.92. The van der Waals surface area contributed by atoms with E-state index in [4.69, 9.17) is 14.2 Å². The van der Waals surface area contributed by atoms with Crippen LogP contribution in [0.4, 0.5) is 4.79 Å². The third-order valence-corrected chi connectivity index (χ3v) is 7.53. The Kier molecular flexibility index (Phi) is 15.2. The van der Waals surface area contributed by atoms with Crippen LogP contribution in [0.1, 0.15) is 80.7 Å². The van der Waals surface area contributed by atoms with Gasteiger partial charge in [0.15, 0.2) is 0 Å². The summed E-state index contributed by atoms with van der Waals surface area (Å²) < 4.78 is 16.7. The molecule has 10 nitrogen and oxygen atoms in total. The predicted octanol–water partition coefficient (Wildman–Crippen LogP) is 5.04. The summed E-state index contributed by atoms with van der Waals surface area (Å²) >= 11 is 0. The Morgan fingerprint density at radius 3 is 1.95 bits per heavy atom. The van der Waals surface area contributed by atoms with Gasteiger partial charge in [0.05, 0.1) is 18.6 Å². The van der Waals surface area contributed by atoms with Gasteiger partial charge in [-0.15, -0.1) is 0 Å². The Balaban J connectivity index is 3.16. The summed E-state index contributed by atoms with van der Waals surface area (Å²) in [4.78, 5) is 56.1. The summed E-state index contributed by atoms with van der Waals surface area (Å²) in [6, 6.07) is 7.09. The standard InChI is InChI=1S/C33H55N3O7/c1-13-23(6)29(25(41-12)19-26(37)43-33(7,8)9)35(10)31(39)27(21(2)3)34-30(38)28(22(4)5)36(11)32(40)42-20-24-17-15-14-16-18-24/h14-18,21-23,25,27-29H,13,19-20H2,1-12H3,(H,34,38)/t23?,25-,27+,28+,29+/m1/s1. The molecule has 1 unspecified atom stereocenters. The molecular formula is C33H55N3O7. The van der Waals surface area contributed by atoms with Gasteiger partial charge in [-0.3, -0.25) is 19.3 Å². The SMILES string of the molecule is CCC(C)[C@@H]([C@@H](CC(=O)OC(C)(C)C)OC)N(C)C(=O)[C@@H](NC(=O)[C@H](C(C)C)N(C)C(=O)OCc1ccccc1)C(C)C. The molecular weight excluding hydrogens is 550 g/mol. The lowest BCUT2D eigenvalue weighted by molar-refractivity contribution is -0.161. The molecule has 5 atom stereocenters. The first-order chi connectivity index (χ1) is 19.9. The number of benzene rings is 1. The lowest BCUT2D eigenvalue weighted by atomic mass is 9.90. The van der Waals surface area contributed by atoms with Crippen molar-refractivity contribution in [2.24, 2.45) is 17.8 Å². The highest BCUT2D eigenvalue weighted by molar-refractivity contribution is 5.91. The fourth-order valence-electron chi connectivity index (χ4n) is 5.11. The molecule has 0 aromatic heterocycles. The molecule has 0 aliphatic carbocycles. The maximum atomic E-state index is 14.0. The van der Waals surface area contributed by atoms with Crippen molar-refractivity contribution < 1.29 is 33.4 Å². The zero-order valence-corrected chi connectivity index (χ0v) is 28.3. The van der Waals surface area contributed by atoms with E-state index in [1.165, 1.54) is 19.1 Å². The van der Waals surface area contributed by atoms with E-state index in [-0.39, 0.29) is 36.7 Å². The van der Waals surface area contributed by atoms with Gasteiger partial charge in [-0.2, -0.15) is 0 Å². The van der Waals surface area contributed by atoms with Gasteiger partial charge in [-0.25, -0.2) is 4.79 Å². The number of nitrogens with one attached hydrogen (secondary N) is 1. The number of esters is 1. The van der Waals surface area contributed by atoms with Crippen molar-refractivity contribution in [3.63, 3.8) is 0 Å². The summed E-state index contributed by atoms with van der Waals surface area (Å²) in [5.74, 6) is -1.70. The number of carbonyl (C=O) groups is 4. The first-order valence-corrected chi connectivity index (χ1v) is 15.2. The molecule has 1 aromatic rings. The molecule has 0 fully saturated rings. The molecule has 1 N–H and O–H groups in total. The molecule has 1 rings (SSSR count). The zero-order valence-electron chi connectivity index (χ0n) is 28.3. The van der Waals surface area contributed by atoms with Gasteiger partial charge in [0.2, 0.25) is 11.8 Å². The van der Waals surface area contributed by atoms with E-state index in [0.717, 1.165) is 12.0 Å². The number of carbonyl (C=O) groups excluding carboxylic acids is 4. The van der Waals surface area contributed by atoms with Gasteiger partial charge < -0.3 is 24.4 Å². The predicted molar refractivity (Wildman–Crippen MR) is 167 cm³/mol. The highest BCUT2D eigenvalue weighted by atomic mass is 16.6. The molecule has 0 saturated carbocycles. The van der Waals surface area contributed by atoms with E-state index >= 15 is 0 Å². The monoisotopic (exact) mass is 605 g/mol. The summed E-state index contributed by atoms with van der Waals surface area (Å²) in [5, 5.41) is 2.92. The van der Waals surface area contributed by atoms with Crippen LogP contribution >= 0.6 is 0 Å². The van der Waals surface area contributed by atoms with Crippen LogP contribution in [0.2, 0.25) is 0 Å². The normalized spacial score (nSPS) is 15.2. The maximum Gasteiger partial charge on any atom is 0.410 e. The minimum Gasteiger partial charge on any atom is -0.460 e. The van der Waals surface area contributed by atoms with E-state index in [1.807, 2.05) is 71.9 Å². The van der Waals surface area contributed by atoms with E-state index in [0.29, 0.717) is 0 Å². The quantitative estimate of drug-likeness (QED) is 0.279. The lowest BCUT2D eigenvalue weighted by Crippen LogP contribution is -2.60. The first kappa shape index (κ1) is 37.9. The highest BCUT2D eigenvalue weighted by Crippen LogP contribution is 2.24. The number of hydrogen-bond acceptors (Lipinski definition) is 7. The fourth-order valence-corrected chi connectivity index (χ4v) is 5.11. The van der Waals surface area contributed by atoms with Gasteiger partial charge in [-0.05, 0) is 44.1 Å². The summed E-state index contributed by atoms with van der Waals surface area (Å²) in [6.45, 7) is 16.9. The number of amides is 3. The van der Waals surface area contributed by atoms with Crippen molar-refractivity contribution in [3.8, 4) is 0 Å². The Bertz CT molecular complexity index is 1040. The van der Waals surface area contributed by atoms with Crippen molar-refractivity contribution in [2.45, 2.75) is 112 Å². The Hall–Kier alpha value is -3.14. The van der Waals surface area contributed by atoms with Gasteiger partial charge in [-0.1, -0.05) is 78.3 Å². The second-order valence-electron chi connectivity index (χ2n) is 13.0. The maximum absolute atomic E-state index is 14.0. The van der Waals surface area contributed by atoms with Crippen molar-refractivity contribution in [3.05, 3.63) is 35.9 Å². The van der Waals surface area contributed by atoms with Gasteiger partial charge in [0, 0.05) is 21.2 Å². The van der Waals surface area contributed by atoms with Crippen molar-refractivity contribution in [2.75, 3.05) is 21.2 Å². The molecule has 0 saturated heterocycles. The summed E-state index contributed by atoms with van der Waals surface area (Å²) in [5.41, 5.74) is 0.185. The molecule has 0 aliphatic heterocycles. The lowest BCUT2D eigenvalue weighted by Gasteiger charge is -2.40. The molecule has 0 aliphatic rings. The smallest absolute Gasteiger partial charge is 0.410 e. The number of hydrogen-bond donors (Lipinski definition) is 1. The Morgan fingerprint density at radius 2 is 1.49 bits per heavy atom. The third kappa shape index (κ3) is 11.8. The summed E-state index contributed by atoms with van der Waals surface area (Å²) in [6.07, 6.45) is -0.536. The molecule has 43 heavy (non-hydrogen) atoms. The van der Waals surface area contributed by atoms with Crippen molar-refractivity contribution in [1.29, 1.82) is 0 Å². The second kappa shape index (κ2) is 17.2. The Morgan fingerprint density at radius 1 is 0.907 bits per heavy atom. The average molecular weight is 606 g/mol. The van der Waals surface area contributed by atoms with Crippen LogP contribution < -0.4 is 5.32 Å². The van der Waals surface area contributed by atoms with E-state index in [9.17, 15) is 19.2 Å². The van der Waals surface area contributed by atoms with E-state index < -0.39 is 47.8 Å². The molecule has 3 amide bonds. The minimum absolute atomic E-state index is 0.0150. The third-order valence-electron chi connectivity index (χ3n) is 7.53. The van der Waals surface area contributed by atoms with Gasteiger partial charge in [0.1, 0.15) is 24.3 Å². The molecule has 0 spiro atoms. The first-order valence-electron chi connectivity index (χ1n) is 15.2. The van der Waals surface area contributed by atoms with Crippen LogP contribution in [0.25, 0.3) is 0 Å². The van der Waals surface area contributed by atoms with Crippen molar-refractivity contribution >= 4 is 23.9 Å². The number of rotatable bonds is 15. The summed E-state index contributed by atoms with van der Waals surface area (Å²) in [7, 11) is 4.72. The molecule has 1 aromatic carbocycles. The van der Waals surface area contributed by atoms with E-state index in [1.54, 1.807) is 32.7 Å². The topological polar surface area (TPSA) is 114 Å². The van der Waals surface area contributed by atoms with Crippen molar-refractivity contribution in [1.82, 2.24) is 15.1 Å². The highest BCUT2D eigenvalue weighted by Gasteiger charge is 2.40. The van der Waals surface area contributed by atoms with Crippen LogP contribution in [0.5, 0.6) is 0 Å². The molecule has 0 heterocycles.